The number of rotatable bonds is 4. The summed E-state index contributed by atoms with van der Waals surface area (Å²) in [5, 5.41) is 8.21. The highest BCUT2D eigenvalue weighted by molar-refractivity contribution is 6.16. The van der Waals surface area contributed by atoms with Gasteiger partial charge in [0.2, 0.25) is 0 Å². The Morgan fingerprint density at radius 1 is 1.11 bits per heavy atom. The summed E-state index contributed by atoms with van der Waals surface area (Å²) in [7, 11) is 1.64. The smallest absolute Gasteiger partial charge is 0.163 e. The molecule has 0 aliphatic carbocycles. The van der Waals surface area contributed by atoms with Crippen LogP contribution in [-0.4, -0.2) is 21.9 Å². The average Bonchev–Trinajstić information content (AvgIpc) is 2.71. The highest BCUT2D eigenvalue weighted by Crippen LogP contribution is 2.18. The molecule has 0 aliphatic rings. The zero-order valence-electron chi connectivity index (χ0n) is 10.8. The van der Waals surface area contributed by atoms with Crippen LogP contribution in [0.1, 0.15) is 22.8 Å². The first-order chi connectivity index (χ1) is 8.65. The normalized spacial score (nSPS) is 10.9. The third-order valence-electron chi connectivity index (χ3n) is 2.65. The second kappa shape index (κ2) is 5.50. The Kier molecular flexibility index (Phi) is 3.99. The summed E-state index contributed by atoms with van der Waals surface area (Å²) in [6, 6.07) is 6.31. The van der Waals surface area contributed by atoms with E-state index in [1.54, 1.807) is 7.11 Å². The minimum absolute atomic E-state index is 0.323. The van der Waals surface area contributed by atoms with Gasteiger partial charge in [-0.1, -0.05) is 6.07 Å². The molecule has 1 aromatic heterocycles. The van der Waals surface area contributed by atoms with Crippen LogP contribution in [0.15, 0.2) is 18.2 Å². The number of aromatic nitrogens is 3. The van der Waals surface area contributed by atoms with Gasteiger partial charge in [0.05, 0.1) is 5.88 Å². The summed E-state index contributed by atoms with van der Waals surface area (Å²) < 4.78 is 7.10. The maximum Gasteiger partial charge on any atom is 0.163 e. The summed E-state index contributed by atoms with van der Waals surface area (Å²) in [4.78, 5) is 0. The summed E-state index contributed by atoms with van der Waals surface area (Å²) in [5.41, 5.74) is 3.42. The van der Waals surface area contributed by atoms with E-state index in [9.17, 15) is 0 Å². The first-order valence-corrected chi connectivity index (χ1v) is 6.26. The fourth-order valence-corrected chi connectivity index (χ4v) is 2.21. The summed E-state index contributed by atoms with van der Waals surface area (Å²) in [6.07, 6.45) is 0. The fraction of sp³-hybridized carbons (Fsp3) is 0.385. The molecule has 0 amide bonds. The Hall–Kier alpha value is -1.39. The lowest BCUT2D eigenvalue weighted by Crippen LogP contribution is -2.06. The lowest BCUT2D eigenvalue weighted by Gasteiger charge is -2.11. The molecule has 4 nitrogen and oxygen atoms in total. The van der Waals surface area contributed by atoms with Gasteiger partial charge >= 0.3 is 0 Å². The van der Waals surface area contributed by atoms with E-state index in [1.165, 1.54) is 11.1 Å². The minimum atomic E-state index is 0.323. The largest absolute Gasteiger partial charge is 0.377 e. The van der Waals surface area contributed by atoms with E-state index < -0.39 is 0 Å². The molecule has 0 atom stereocenters. The molecule has 1 aromatic carbocycles. The Bertz CT molecular complexity index is 531. The molecule has 0 radical (unpaired) electrons. The fourth-order valence-electron chi connectivity index (χ4n) is 2.04. The zero-order valence-corrected chi connectivity index (χ0v) is 11.5. The highest BCUT2D eigenvalue weighted by atomic mass is 35.5. The molecule has 2 aromatic rings. The SMILES string of the molecule is COCc1nnc(CCl)n1-c1cc(C)cc(C)c1. The van der Waals surface area contributed by atoms with Crippen molar-refractivity contribution in [2.24, 2.45) is 0 Å². The lowest BCUT2D eigenvalue weighted by atomic mass is 10.1. The topological polar surface area (TPSA) is 39.9 Å². The van der Waals surface area contributed by atoms with Crippen LogP contribution >= 0.6 is 11.6 Å². The van der Waals surface area contributed by atoms with Crippen molar-refractivity contribution in [3.8, 4) is 5.69 Å². The van der Waals surface area contributed by atoms with E-state index in [-0.39, 0.29) is 0 Å². The van der Waals surface area contributed by atoms with Crippen molar-refractivity contribution in [2.45, 2.75) is 26.3 Å². The Labute approximate surface area is 112 Å². The molecule has 0 aliphatic heterocycles. The molecule has 0 fully saturated rings. The quantitative estimate of drug-likeness (QED) is 0.798. The van der Waals surface area contributed by atoms with E-state index in [0.717, 1.165) is 17.3 Å². The van der Waals surface area contributed by atoms with Gasteiger partial charge in [0.25, 0.3) is 0 Å². The van der Waals surface area contributed by atoms with Gasteiger partial charge < -0.3 is 4.74 Å². The molecule has 96 valence electrons. The maximum absolute atomic E-state index is 5.91. The molecular weight excluding hydrogens is 250 g/mol. The monoisotopic (exact) mass is 265 g/mol. The number of benzene rings is 1. The number of ether oxygens (including phenoxy) is 1. The average molecular weight is 266 g/mol. The molecule has 0 saturated carbocycles. The van der Waals surface area contributed by atoms with Gasteiger partial charge in [-0.3, -0.25) is 4.57 Å². The predicted octanol–water partition coefficient (Wildman–Crippen LogP) is 2.77. The van der Waals surface area contributed by atoms with Crippen LogP contribution in [0, 0.1) is 13.8 Å². The number of nitrogens with zero attached hydrogens (tertiary/aromatic N) is 3. The number of halogens is 1. The Balaban J connectivity index is 2.56. The standard InChI is InChI=1S/C13H16ClN3O/c1-9-4-10(2)6-11(5-9)17-12(7-14)15-16-13(17)8-18-3/h4-6H,7-8H2,1-3H3. The van der Waals surface area contributed by atoms with Crippen molar-refractivity contribution in [3.05, 3.63) is 41.0 Å². The van der Waals surface area contributed by atoms with Gasteiger partial charge in [-0.15, -0.1) is 21.8 Å². The highest BCUT2D eigenvalue weighted by Gasteiger charge is 2.13. The molecule has 0 bridgehead atoms. The third kappa shape index (κ3) is 2.54. The lowest BCUT2D eigenvalue weighted by molar-refractivity contribution is 0.176. The van der Waals surface area contributed by atoms with Crippen LogP contribution in [0.25, 0.3) is 5.69 Å². The van der Waals surface area contributed by atoms with E-state index in [4.69, 9.17) is 16.3 Å². The number of hydrogen-bond donors (Lipinski definition) is 0. The molecule has 0 N–H and O–H groups in total. The third-order valence-corrected chi connectivity index (χ3v) is 2.89. The van der Waals surface area contributed by atoms with Crippen molar-refractivity contribution in [1.82, 2.24) is 14.8 Å². The minimum Gasteiger partial charge on any atom is -0.377 e. The van der Waals surface area contributed by atoms with Crippen LogP contribution in [0.3, 0.4) is 0 Å². The first-order valence-electron chi connectivity index (χ1n) is 5.72. The van der Waals surface area contributed by atoms with Gasteiger partial charge in [0.1, 0.15) is 6.61 Å². The number of hydrogen-bond acceptors (Lipinski definition) is 3. The van der Waals surface area contributed by atoms with E-state index in [0.29, 0.717) is 12.5 Å². The van der Waals surface area contributed by atoms with Gasteiger partial charge in [-0.2, -0.15) is 0 Å². The molecule has 1 heterocycles. The molecular formula is C13H16ClN3O. The van der Waals surface area contributed by atoms with E-state index in [2.05, 4.69) is 42.2 Å². The van der Waals surface area contributed by atoms with E-state index in [1.807, 2.05) is 4.57 Å². The van der Waals surface area contributed by atoms with Crippen LogP contribution in [0.5, 0.6) is 0 Å². The number of aryl methyl sites for hydroxylation is 2. The molecule has 18 heavy (non-hydrogen) atoms. The molecule has 0 spiro atoms. The second-order valence-corrected chi connectivity index (χ2v) is 4.55. The maximum atomic E-state index is 5.91. The summed E-state index contributed by atoms with van der Waals surface area (Å²) >= 11 is 5.91. The number of methoxy groups -OCH3 is 1. The zero-order chi connectivity index (χ0) is 13.1. The Morgan fingerprint density at radius 2 is 1.72 bits per heavy atom. The van der Waals surface area contributed by atoms with Gasteiger partial charge in [0, 0.05) is 12.8 Å². The van der Waals surface area contributed by atoms with Gasteiger partial charge in [-0.25, -0.2) is 0 Å². The molecule has 2 rings (SSSR count). The summed E-state index contributed by atoms with van der Waals surface area (Å²) in [5.74, 6) is 1.82. The van der Waals surface area contributed by atoms with Gasteiger partial charge in [0.15, 0.2) is 11.6 Å². The van der Waals surface area contributed by atoms with Crippen molar-refractivity contribution >= 4 is 11.6 Å². The predicted molar refractivity (Wildman–Crippen MR) is 71.1 cm³/mol. The van der Waals surface area contributed by atoms with Crippen molar-refractivity contribution in [1.29, 1.82) is 0 Å². The van der Waals surface area contributed by atoms with Crippen LogP contribution in [0.4, 0.5) is 0 Å². The summed E-state index contributed by atoms with van der Waals surface area (Å²) in [6.45, 7) is 4.55. The molecule has 0 saturated heterocycles. The van der Waals surface area contributed by atoms with Crippen LogP contribution in [-0.2, 0) is 17.2 Å². The van der Waals surface area contributed by atoms with Gasteiger partial charge in [-0.05, 0) is 37.1 Å². The van der Waals surface area contributed by atoms with Crippen LogP contribution in [0.2, 0.25) is 0 Å². The van der Waals surface area contributed by atoms with Crippen LogP contribution < -0.4 is 0 Å². The van der Waals surface area contributed by atoms with E-state index >= 15 is 0 Å². The second-order valence-electron chi connectivity index (χ2n) is 4.28. The first kappa shape index (κ1) is 13.1. The Morgan fingerprint density at radius 3 is 2.28 bits per heavy atom. The molecule has 5 heteroatoms. The molecule has 0 unspecified atom stereocenters. The van der Waals surface area contributed by atoms with Crippen molar-refractivity contribution < 1.29 is 4.74 Å². The van der Waals surface area contributed by atoms with Crippen molar-refractivity contribution in [2.75, 3.05) is 7.11 Å². The van der Waals surface area contributed by atoms with Crippen molar-refractivity contribution in [3.63, 3.8) is 0 Å². The number of alkyl halides is 1.